The van der Waals surface area contributed by atoms with Crippen molar-refractivity contribution < 1.29 is 12.8 Å². The predicted octanol–water partition coefficient (Wildman–Crippen LogP) is 4.79. The molecule has 4 rings (SSSR count). The number of para-hydroxylation sites is 1. The predicted molar refractivity (Wildman–Crippen MR) is 108 cm³/mol. The minimum Gasteiger partial charge on any atom is -0.265 e. The molecule has 0 spiro atoms. The molecule has 1 aliphatic carbocycles. The quantitative estimate of drug-likeness (QED) is 0.766. The highest BCUT2D eigenvalue weighted by atomic mass is 32.2. The van der Waals surface area contributed by atoms with Gasteiger partial charge in [0, 0.05) is 0 Å². The van der Waals surface area contributed by atoms with Gasteiger partial charge in [0.2, 0.25) is 10.0 Å². The molecule has 0 fully saturated rings. The van der Waals surface area contributed by atoms with Gasteiger partial charge in [-0.15, -0.1) is 0 Å². The molecule has 3 nitrogen and oxygen atoms in total. The lowest BCUT2D eigenvalue weighted by Crippen LogP contribution is -2.47. The van der Waals surface area contributed by atoms with E-state index in [0.717, 1.165) is 16.7 Å². The summed E-state index contributed by atoms with van der Waals surface area (Å²) in [5.74, 6) is -0.308. The van der Waals surface area contributed by atoms with Crippen LogP contribution in [-0.4, -0.2) is 19.7 Å². The molecule has 0 N–H and O–H groups in total. The Bertz CT molecular complexity index is 1070. The molecule has 0 radical (unpaired) electrons. The summed E-state index contributed by atoms with van der Waals surface area (Å²) in [5.41, 5.74) is 3.31. The third-order valence-electron chi connectivity index (χ3n) is 5.16. The van der Waals surface area contributed by atoms with Gasteiger partial charge in [0.1, 0.15) is 10.6 Å². The van der Waals surface area contributed by atoms with Gasteiger partial charge in [-0.3, -0.25) is 4.31 Å². The second-order valence-corrected chi connectivity index (χ2v) is 9.37. The minimum atomic E-state index is -3.67. The zero-order chi connectivity index (χ0) is 19.1. The zero-order valence-corrected chi connectivity index (χ0v) is 15.8. The molecule has 0 saturated heterocycles. The zero-order valence-electron chi connectivity index (χ0n) is 15.0. The van der Waals surface area contributed by atoms with Crippen LogP contribution in [0, 0.1) is 5.82 Å². The van der Waals surface area contributed by atoms with Crippen molar-refractivity contribution in [2.75, 3.05) is 10.8 Å². The van der Waals surface area contributed by atoms with Crippen molar-refractivity contribution in [3.8, 4) is 0 Å². The first kappa shape index (κ1) is 17.7. The third kappa shape index (κ3) is 3.02. The van der Waals surface area contributed by atoms with Crippen LogP contribution in [0.5, 0.6) is 0 Å². The Kier molecular flexibility index (Phi) is 4.27. The smallest absolute Gasteiger partial charge is 0.244 e. The van der Waals surface area contributed by atoms with Gasteiger partial charge in [-0.05, 0) is 48.2 Å². The molecule has 138 valence electrons. The number of allylic oxidation sites excluding steroid dienone is 3. The lowest BCUT2D eigenvalue weighted by Gasteiger charge is -2.37. The Balaban J connectivity index is 1.70. The summed E-state index contributed by atoms with van der Waals surface area (Å²) in [6, 6.07) is 13.7. The van der Waals surface area contributed by atoms with Crippen LogP contribution in [0.15, 0.2) is 72.8 Å². The van der Waals surface area contributed by atoms with Gasteiger partial charge in [-0.1, -0.05) is 60.7 Å². The fourth-order valence-electron chi connectivity index (χ4n) is 3.61. The van der Waals surface area contributed by atoms with Crippen LogP contribution < -0.4 is 4.31 Å². The summed E-state index contributed by atoms with van der Waals surface area (Å²) in [4.78, 5) is 0. The minimum absolute atomic E-state index is 0.308. The van der Waals surface area contributed by atoms with E-state index in [1.807, 2.05) is 42.5 Å². The molecule has 27 heavy (non-hydrogen) atoms. The number of hydrogen-bond donors (Lipinski definition) is 0. The Labute approximate surface area is 159 Å². The van der Waals surface area contributed by atoms with E-state index in [2.05, 4.69) is 0 Å². The van der Waals surface area contributed by atoms with E-state index in [0.29, 0.717) is 18.7 Å². The molecule has 0 amide bonds. The first-order valence-electron chi connectivity index (χ1n) is 8.83. The van der Waals surface area contributed by atoms with Crippen molar-refractivity contribution in [2.45, 2.75) is 18.1 Å². The normalized spacial score (nSPS) is 21.7. The summed E-state index contributed by atoms with van der Waals surface area (Å²) in [6.07, 6.45) is 9.58. The molecule has 5 heteroatoms. The standard InChI is InChI=1S/C22H20FNO2S/c1-22(14-4-7-19(16-22)17-10-12-20(23)13-11-17)27(25,26)24-15-5-8-18-6-2-3-9-21(18)24/h2-14H,15-16H2,1H3. The number of nitrogens with zero attached hydrogens (tertiary/aromatic N) is 1. The second kappa shape index (κ2) is 6.50. The third-order valence-corrected chi connectivity index (χ3v) is 7.54. The number of anilines is 1. The Hall–Kier alpha value is -2.66. The molecular formula is C22H20FNO2S. The first-order chi connectivity index (χ1) is 12.9. The maximum Gasteiger partial charge on any atom is 0.244 e. The van der Waals surface area contributed by atoms with Crippen LogP contribution in [0.25, 0.3) is 11.6 Å². The van der Waals surface area contributed by atoms with Gasteiger partial charge in [0.05, 0.1) is 12.2 Å². The Morgan fingerprint density at radius 1 is 1.07 bits per heavy atom. The summed E-state index contributed by atoms with van der Waals surface area (Å²) < 4.78 is 40.9. The average molecular weight is 381 g/mol. The monoisotopic (exact) mass is 381 g/mol. The molecule has 2 aliphatic rings. The van der Waals surface area contributed by atoms with Crippen molar-refractivity contribution in [3.63, 3.8) is 0 Å². The highest BCUT2D eigenvalue weighted by molar-refractivity contribution is 7.94. The van der Waals surface area contributed by atoms with Crippen LogP contribution in [0.1, 0.15) is 24.5 Å². The highest BCUT2D eigenvalue weighted by Gasteiger charge is 2.43. The van der Waals surface area contributed by atoms with Crippen molar-refractivity contribution in [2.24, 2.45) is 0 Å². The van der Waals surface area contributed by atoms with E-state index in [4.69, 9.17) is 0 Å². The van der Waals surface area contributed by atoms with Crippen molar-refractivity contribution in [1.29, 1.82) is 0 Å². The number of halogens is 1. The van der Waals surface area contributed by atoms with E-state index >= 15 is 0 Å². The molecule has 2 aromatic carbocycles. The highest BCUT2D eigenvalue weighted by Crippen LogP contribution is 2.40. The van der Waals surface area contributed by atoms with Gasteiger partial charge >= 0.3 is 0 Å². The van der Waals surface area contributed by atoms with E-state index in [1.165, 1.54) is 16.4 Å². The molecule has 2 aromatic rings. The number of hydrogen-bond acceptors (Lipinski definition) is 2. The van der Waals surface area contributed by atoms with Crippen molar-refractivity contribution in [3.05, 3.63) is 89.8 Å². The fraction of sp³-hybridized carbons (Fsp3) is 0.182. The summed E-state index contributed by atoms with van der Waals surface area (Å²) >= 11 is 0. The van der Waals surface area contributed by atoms with Crippen LogP contribution >= 0.6 is 0 Å². The number of fused-ring (bicyclic) bond motifs is 1. The van der Waals surface area contributed by atoms with E-state index < -0.39 is 14.8 Å². The van der Waals surface area contributed by atoms with Gasteiger partial charge in [0.25, 0.3) is 0 Å². The van der Waals surface area contributed by atoms with Crippen LogP contribution in [-0.2, 0) is 10.0 Å². The topological polar surface area (TPSA) is 37.4 Å². The van der Waals surface area contributed by atoms with Gasteiger partial charge in [0.15, 0.2) is 0 Å². The van der Waals surface area contributed by atoms with Gasteiger partial charge < -0.3 is 0 Å². The van der Waals surface area contributed by atoms with Crippen LogP contribution in [0.2, 0.25) is 0 Å². The summed E-state index contributed by atoms with van der Waals surface area (Å²) in [6.45, 7) is 2.06. The molecule has 0 saturated carbocycles. The van der Waals surface area contributed by atoms with Gasteiger partial charge in [-0.25, -0.2) is 12.8 Å². The van der Waals surface area contributed by atoms with E-state index in [-0.39, 0.29) is 5.82 Å². The molecule has 1 atom stereocenters. The lowest BCUT2D eigenvalue weighted by atomic mass is 9.90. The molecule has 0 aromatic heterocycles. The summed E-state index contributed by atoms with van der Waals surface area (Å²) in [5, 5.41) is 0. The average Bonchev–Trinajstić information content (AvgIpc) is 2.68. The first-order valence-corrected chi connectivity index (χ1v) is 10.3. The largest absolute Gasteiger partial charge is 0.265 e. The van der Waals surface area contributed by atoms with Crippen molar-refractivity contribution >= 4 is 27.4 Å². The Morgan fingerprint density at radius 2 is 1.81 bits per heavy atom. The fourth-order valence-corrected chi connectivity index (χ4v) is 5.41. The SMILES string of the molecule is CC1(S(=O)(=O)N2CC=Cc3ccccc32)C=CC=C(c2ccc(F)cc2)C1. The molecular weight excluding hydrogens is 361 g/mol. The van der Waals surface area contributed by atoms with E-state index in [1.54, 1.807) is 31.2 Å². The Morgan fingerprint density at radius 3 is 2.59 bits per heavy atom. The second-order valence-electron chi connectivity index (χ2n) is 7.04. The van der Waals surface area contributed by atoms with Crippen LogP contribution in [0.4, 0.5) is 10.1 Å². The molecule has 1 heterocycles. The maximum absolute atomic E-state index is 13.6. The number of sulfonamides is 1. The van der Waals surface area contributed by atoms with Crippen molar-refractivity contribution in [1.82, 2.24) is 0 Å². The van der Waals surface area contributed by atoms with Crippen LogP contribution in [0.3, 0.4) is 0 Å². The maximum atomic E-state index is 13.6. The van der Waals surface area contributed by atoms with E-state index in [9.17, 15) is 12.8 Å². The molecule has 1 unspecified atom stereocenters. The molecule has 1 aliphatic heterocycles. The van der Waals surface area contributed by atoms with Gasteiger partial charge in [-0.2, -0.15) is 0 Å². The number of benzene rings is 2. The molecule has 0 bridgehead atoms. The summed E-state index contributed by atoms with van der Waals surface area (Å²) in [7, 11) is -3.67. The number of rotatable bonds is 3. The lowest BCUT2D eigenvalue weighted by molar-refractivity contribution is 0.560.